The van der Waals surface area contributed by atoms with Crippen LogP contribution in [0.4, 0.5) is 13.2 Å². The molecule has 0 saturated heterocycles. The van der Waals surface area contributed by atoms with E-state index in [-0.39, 0.29) is 10.9 Å². The number of halogens is 4. The highest BCUT2D eigenvalue weighted by atomic mass is 79.9. The molecule has 72 valence electrons. The van der Waals surface area contributed by atoms with Crippen molar-refractivity contribution in [1.82, 2.24) is 0 Å². The summed E-state index contributed by atoms with van der Waals surface area (Å²) in [5.74, 6) is 0. The molecule has 1 rings (SSSR count). The molecule has 1 aromatic carbocycles. The van der Waals surface area contributed by atoms with E-state index < -0.39 is 11.7 Å². The van der Waals surface area contributed by atoms with Crippen LogP contribution in [0.5, 0.6) is 0 Å². The first kappa shape index (κ1) is 10.9. The minimum Gasteiger partial charge on any atom is -0.166 e. The molecule has 0 radical (unpaired) electrons. The molecular formula is C8H6BrF3S. The van der Waals surface area contributed by atoms with Gasteiger partial charge in [-0.25, -0.2) is 0 Å². The molecule has 0 amide bonds. The molecular weight excluding hydrogens is 265 g/mol. The summed E-state index contributed by atoms with van der Waals surface area (Å²) < 4.78 is 37.1. The molecule has 0 aliphatic heterocycles. The maximum absolute atomic E-state index is 12.4. The monoisotopic (exact) mass is 270 g/mol. The van der Waals surface area contributed by atoms with Gasteiger partial charge in [-0.3, -0.25) is 0 Å². The highest BCUT2D eigenvalue weighted by Crippen LogP contribution is 2.34. The first-order valence-electron chi connectivity index (χ1n) is 3.40. The number of benzene rings is 1. The lowest BCUT2D eigenvalue weighted by atomic mass is 10.1. The van der Waals surface area contributed by atoms with E-state index in [9.17, 15) is 13.2 Å². The van der Waals surface area contributed by atoms with E-state index in [0.717, 1.165) is 6.07 Å². The van der Waals surface area contributed by atoms with Crippen LogP contribution in [-0.2, 0) is 11.5 Å². The Balaban J connectivity index is 3.24. The normalized spacial score (nSPS) is 11.8. The van der Waals surface area contributed by atoms with Crippen molar-refractivity contribution in [1.29, 1.82) is 0 Å². The van der Waals surface area contributed by atoms with Gasteiger partial charge in [-0.1, -0.05) is 22.0 Å². The van der Waals surface area contributed by atoms with Gasteiger partial charge in [-0.2, -0.15) is 13.2 Å². The zero-order chi connectivity index (χ0) is 10.1. The molecule has 0 bridgehead atoms. The standard InChI is InChI=1S/C8H6BrF3S/c9-4-5-1-2-6(13)3-7(5)8(10,11)12/h1-3,13H,4H2. The number of hydrogen-bond acceptors (Lipinski definition) is 1. The van der Waals surface area contributed by atoms with E-state index in [0.29, 0.717) is 4.90 Å². The molecule has 0 nitrogen and oxygen atoms in total. The van der Waals surface area contributed by atoms with Crippen LogP contribution in [0.3, 0.4) is 0 Å². The molecule has 0 fully saturated rings. The fourth-order valence-electron chi connectivity index (χ4n) is 0.945. The summed E-state index contributed by atoms with van der Waals surface area (Å²) in [5, 5.41) is 0.190. The van der Waals surface area contributed by atoms with Crippen molar-refractivity contribution in [2.24, 2.45) is 0 Å². The summed E-state index contributed by atoms with van der Waals surface area (Å²) in [7, 11) is 0. The Bertz CT molecular complexity index is 309. The SMILES string of the molecule is FC(F)(F)c1cc(S)ccc1CBr. The molecule has 13 heavy (non-hydrogen) atoms. The van der Waals surface area contributed by atoms with Crippen molar-refractivity contribution in [2.45, 2.75) is 16.4 Å². The Labute approximate surface area is 87.7 Å². The van der Waals surface area contributed by atoms with Crippen molar-refractivity contribution >= 4 is 28.6 Å². The summed E-state index contributed by atoms with van der Waals surface area (Å²) >= 11 is 6.86. The van der Waals surface area contributed by atoms with E-state index >= 15 is 0 Å². The van der Waals surface area contributed by atoms with Gasteiger partial charge in [0.15, 0.2) is 0 Å². The van der Waals surface area contributed by atoms with Gasteiger partial charge in [0.25, 0.3) is 0 Å². The Kier molecular flexibility index (Phi) is 3.29. The van der Waals surface area contributed by atoms with E-state index in [1.54, 1.807) is 0 Å². The van der Waals surface area contributed by atoms with E-state index in [2.05, 4.69) is 28.6 Å². The minimum atomic E-state index is -4.30. The summed E-state index contributed by atoms with van der Waals surface area (Å²) in [6.45, 7) is 0. The lowest BCUT2D eigenvalue weighted by Gasteiger charge is -2.11. The third kappa shape index (κ3) is 2.64. The van der Waals surface area contributed by atoms with Gasteiger partial charge in [0.2, 0.25) is 0 Å². The van der Waals surface area contributed by atoms with Crippen LogP contribution in [0, 0.1) is 0 Å². The fraction of sp³-hybridized carbons (Fsp3) is 0.250. The quantitative estimate of drug-likeness (QED) is 0.581. The third-order valence-corrected chi connectivity index (χ3v) is 2.43. The third-order valence-electron chi connectivity index (χ3n) is 1.54. The van der Waals surface area contributed by atoms with E-state index in [1.807, 2.05) is 0 Å². The number of rotatable bonds is 1. The highest BCUT2D eigenvalue weighted by Gasteiger charge is 2.32. The topological polar surface area (TPSA) is 0 Å². The zero-order valence-corrected chi connectivity index (χ0v) is 8.88. The van der Waals surface area contributed by atoms with Gasteiger partial charge in [-0.05, 0) is 17.7 Å². The predicted molar refractivity (Wildman–Crippen MR) is 51.3 cm³/mol. The average molecular weight is 271 g/mol. The van der Waals surface area contributed by atoms with Gasteiger partial charge in [-0.15, -0.1) is 12.6 Å². The molecule has 0 saturated carbocycles. The molecule has 0 spiro atoms. The van der Waals surface area contributed by atoms with Crippen molar-refractivity contribution in [2.75, 3.05) is 0 Å². The number of alkyl halides is 4. The van der Waals surface area contributed by atoms with Crippen LogP contribution in [-0.4, -0.2) is 0 Å². The molecule has 0 aliphatic rings. The summed E-state index contributed by atoms with van der Waals surface area (Å²) in [6, 6.07) is 3.98. The first-order chi connectivity index (χ1) is 5.95. The highest BCUT2D eigenvalue weighted by molar-refractivity contribution is 9.08. The van der Waals surface area contributed by atoms with Crippen molar-refractivity contribution in [3.05, 3.63) is 29.3 Å². The van der Waals surface area contributed by atoms with Gasteiger partial charge < -0.3 is 0 Å². The van der Waals surface area contributed by atoms with Crippen molar-refractivity contribution in [3.8, 4) is 0 Å². The van der Waals surface area contributed by atoms with Crippen LogP contribution in [0.2, 0.25) is 0 Å². The van der Waals surface area contributed by atoms with Crippen molar-refractivity contribution in [3.63, 3.8) is 0 Å². The van der Waals surface area contributed by atoms with Gasteiger partial charge in [0.05, 0.1) is 5.56 Å². The lowest BCUT2D eigenvalue weighted by Crippen LogP contribution is -2.08. The minimum absolute atomic E-state index is 0.190. The molecule has 0 heterocycles. The molecule has 0 unspecified atom stereocenters. The maximum Gasteiger partial charge on any atom is 0.416 e. The maximum atomic E-state index is 12.4. The Hall–Kier alpha value is -0.160. The predicted octanol–water partition coefficient (Wildman–Crippen LogP) is 3.89. The summed E-state index contributed by atoms with van der Waals surface area (Å²) in [5.41, 5.74) is -0.401. The second-order valence-electron chi connectivity index (χ2n) is 2.47. The Morgan fingerprint density at radius 3 is 2.38 bits per heavy atom. The van der Waals surface area contributed by atoms with Gasteiger partial charge in [0, 0.05) is 10.2 Å². The molecule has 5 heteroatoms. The van der Waals surface area contributed by atoms with Crippen LogP contribution in [0.15, 0.2) is 23.1 Å². The van der Waals surface area contributed by atoms with Crippen LogP contribution in [0.1, 0.15) is 11.1 Å². The van der Waals surface area contributed by atoms with Crippen LogP contribution >= 0.6 is 28.6 Å². The van der Waals surface area contributed by atoms with Gasteiger partial charge >= 0.3 is 6.18 Å². The molecule has 1 aromatic rings. The summed E-state index contributed by atoms with van der Waals surface area (Å²) in [6.07, 6.45) is -4.30. The van der Waals surface area contributed by atoms with E-state index in [1.165, 1.54) is 12.1 Å². The molecule has 0 aromatic heterocycles. The second-order valence-corrected chi connectivity index (χ2v) is 3.55. The molecule has 0 atom stereocenters. The second kappa shape index (κ2) is 3.92. The number of thiol groups is 1. The first-order valence-corrected chi connectivity index (χ1v) is 4.97. The Morgan fingerprint density at radius 1 is 1.31 bits per heavy atom. The number of hydrogen-bond donors (Lipinski definition) is 1. The fourth-order valence-corrected chi connectivity index (χ4v) is 1.64. The largest absolute Gasteiger partial charge is 0.416 e. The van der Waals surface area contributed by atoms with Crippen LogP contribution < -0.4 is 0 Å². The molecule has 0 N–H and O–H groups in total. The van der Waals surface area contributed by atoms with Gasteiger partial charge in [0.1, 0.15) is 0 Å². The Morgan fingerprint density at radius 2 is 1.92 bits per heavy atom. The molecule has 0 aliphatic carbocycles. The van der Waals surface area contributed by atoms with Crippen LogP contribution in [0.25, 0.3) is 0 Å². The lowest BCUT2D eigenvalue weighted by molar-refractivity contribution is -0.138. The smallest absolute Gasteiger partial charge is 0.166 e. The average Bonchev–Trinajstić information content (AvgIpc) is 2.03. The summed E-state index contributed by atoms with van der Waals surface area (Å²) in [4.78, 5) is 0.317. The van der Waals surface area contributed by atoms with Crippen molar-refractivity contribution < 1.29 is 13.2 Å². The van der Waals surface area contributed by atoms with E-state index in [4.69, 9.17) is 0 Å². The zero-order valence-electron chi connectivity index (χ0n) is 6.40.